The first-order valence-electron chi connectivity index (χ1n) is 3.61. The van der Waals surface area contributed by atoms with E-state index in [4.69, 9.17) is 10.2 Å². The highest BCUT2D eigenvalue weighted by molar-refractivity contribution is 5.87. The van der Waals surface area contributed by atoms with E-state index in [1.807, 2.05) is 0 Å². The molecule has 1 aromatic rings. The molecule has 0 aliphatic carbocycles. The minimum absolute atomic E-state index is 0. The maximum atomic E-state index is 10.2. The van der Waals surface area contributed by atoms with E-state index in [0.29, 0.717) is 5.56 Å². The molecule has 0 atom stereocenters. The number of benzene rings is 1. The monoisotopic (exact) mass is 185 g/mol. The van der Waals surface area contributed by atoms with Crippen molar-refractivity contribution >= 4 is 5.97 Å². The zero-order chi connectivity index (χ0) is 9.40. The Kier molecular flexibility index (Phi) is 9.48. The van der Waals surface area contributed by atoms with Gasteiger partial charge >= 0.3 is 5.97 Å². The van der Waals surface area contributed by atoms with Crippen LogP contribution in [0.15, 0.2) is 30.3 Å². The summed E-state index contributed by atoms with van der Waals surface area (Å²) >= 11 is 0. The van der Waals surface area contributed by atoms with Crippen molar-refractivity contribution in [3.8, 4) is 0 Å². The molecule has 0 spiro atoms. The van der Waals surface area contributed by atoms with Crippen LogP contribution in [0.5, 0.6) is 0 Å². The number of carboxylic acids is 1. The molecule has 0 aliphatic heterocycles. The lowest BCUT2D eigenvalue weighted by molar-refractivity contribution is 0.0697. The average molecular weight is 185 g/mol. The highest BCUT2D eigenvalue weighted by atomic mass is 16.4. The van der Waals surface area contributed by atoms with Crippen LogP contribution in [0.2, 0.25) is 0 Å². The number of aliphatic hydroxyl groups is 1. The van der Waals surface area contributed by atoms with Gasteiger partial charge in [0.25, 0.3) is 0 Å². The van der Waals surface area contributed by atoms with Crippen LogP contribution in [0, 0.1) is 0 Å². The lowest BCUT2D eigenvalue weighted by atomic mass is 10.2. The van der Waals surface area contributed by atoms with Gasteiger partial charge in [0.15, 0.2) is 0 Å². The molecule has 0 bridgehead atoms. The Morgan fingerprint density at radius 3 is 1.92 bits per heavy atom. The van der Waals surface area contributed by atoms with Crippen molar-refractivity contribution in [3.63, 3.8) is 0 Å². The molecule has 74 valence electrons. The molecule has 1 rings (SSSR count). The van der Waals surface area contributed by atoms with E-state index < -0.39 is 5.97 Å². The van der Waals surface area contributed by atoms with Crippen molar-refractivity contribution in [3.05, 3.63) is 35.9 Å². The molecule has 0 aliphatic rings. The fourth-order valence-corrected chi connectivity index (χ4v) is 0.581. The van der Waals surface area contributed by atoms with Gasteiger partial charge in [-0.2, -0.15) is 0 Å². The lowest BCUT2D eigenvalue weighted by Crippen LogP contribution is -1.93. The summed E-state index contributed by atoms with van der Waals surface area (Å²) in [6.45, 7) is 1.93. The van der Waals surface area contributed by atoms with Crippen LogP contribution < -0.4 is 6.15 Å². The average Bonchev–Trinajstić information content (AvgIpc) is 2.07. The molecule has 0 radical (unpaired) electrons. The van der Waals surface area contributed by atoms with Gasteiger partial charge in [0.1, 0.15) is 0 Å². The van der Waals surface area contributed by atoms with Crippen molar-refractivity contribution in [1.82, 2.24) is 6.15 Å². The van der Waals surface area contributed by atoms with Gasteiger partial charge in [-0.3, -0.25) is 0 Å². The van der Waals surface area contributed by atoms with E-state index in [1.165, 1.54) is 0 Å². The number of carboxylic acid groups (broad SMARTS) is 1. The normalized spacial score (nSPS) is 7.54. The maximum absolute atomic E-state index is 10.2. The SMILES string of the molecule is CCO.N.O=C(O)c1ccccc1. The number of aliphatic hydroxyl groups excluding tert-OH is 1. The molecule has 4 nitrogen and oxygen atoms in total. The Morgan fingerprint density at radius 1 is 1.31 bits per heavy atom. The minimum atomic E-state index is -0.879. The highest BCUT2D eigenvalue weighted by Gasteiger charge is 1.96. The van der Waals surface area contributed by atoms with Crippen molar-refractivity contribution in [1.29, 1.82) is 0 Å². The molecule has 0 amide bonds. The molecular weight excluding hydrogens is 170 g/mol. The molecule has 0 saturated carbocycles. The Hall–Kier alpha value is -1.39. The van der Waals surface area contributed by atoms with Crippen LogP contribution in [0.25, 0.3) is 0 Å². The van der Waals surface area contributed by atoms with E-state index in [1.54, 1.807) is 37.3 Å². The van der Waals surface area contributed by atoms with Gasteiger partial charge in [-0.25, -0.2) is 4.79 Å². The second-order valence-electron chi connectivity index (χ2n) is 1.99. The Bertz CT molecular complexity index is 224. The standard InChI is InChI=1S/C7H6O2.C2H6O.H3N/c8-7(9)6-4-2-1-3-5-6;1-2-3;/h1-5H,(H,8,9);3H,2H2,1H3;1H3. The summed E-state index contributed by atoms with van der Waals surface area (Å²) in [6, 6.07) is 8.30. The van der Waals surface area contributed by atoms with Gasteiger partial charge in [0, 0.05) is 6.61 Å². The topological polar surface area (TPSA) is 92.5 Å². The van der Waals surface area contributed by atoms with Gasteiger partial charge in [0.2, 0.25) is 0 Å². The fraction of sp³-hybridized carbons (Fsp3) is 0.222. The third kappa shape index (κ3) is 6.99. The molecule has 13 heavy (non-hydrogen) atoms. The first kappa shape index (κ1) is 14.2. The summed E-state index contributed by atoms with van der Waals surface area (Å²) < 4.78 is 0. The zero-order valence-electron chi connectivity index (χ0n) is 7.60. The van der Waals surface area contributed by atoms with Crippen LogP contribution in [0.4, 0.5) is 0 Å². The third-order valence-corrected chi connectivity index (χ3v) is 1.02. The first-order valence-corrected chi connectivity index (χ1v) is 3.61. The predicted octanol–water partition coefficient (Wildman–Crippen LogP) is 1.55. The van der Waals surface area contributed by atoms with Crippen molar-refractivity contribution in [2.75, 3.05) is 6.61 Å². The van der Waals surface area contributed by atoms with Crippen LogP contribution in [0.3, 0.4) is 0 Å². The molecule has 0 unspecified atom stereocenters. The summed E-state index contributed by atoms with van der Waals surface area (Å²) in [5.74, 6) is -0.879. The van der Waals surface area contributed by atoms with Crippen molar-refractivity contribution in [2.24, 2.45) is 0 Å². The molecule has 4 heteroatoms. The smallest absolute Gasteiger partial charge is 0.335 e. The van der Waals surface area contributed by atoms with Crippen molar-refractivity contribution in [2.45, 2.75) is 6.92 Å². The second-order valence-corrected chi connectivity index (χ2v) is 1.99. The molecule has 0 fully saturated rings. The van der Waals surface area contributed by atoms with Crippen molar-refractivity contribution < 1.29 is 15.0 Å². The predicted molar refractivity (Wildman–Crippen MR) is 51.2 cm³/mol. The van der Waals surface area contributed by atoms with Gasteiger partial charge in [-0.15, -0.1) is 0 Å². The first-order chi connectivity index (χ1) is 5.72. The van der Waals surface area contributed by atoms with Crippen LogP contribution in [0.1, 0.15) is 17.3 Å². The maximum Gasteiger partial charge on any atom is 0.335 e. The molecule has 1 aromatic carbocycles. The minimum Gasteiger partial charge on any atom is -0.478 e. The van der Waals surface area contributed by atoms with Crippen LogP contribution in [-0.2, 0) is 0 Å². The lowest BCUT2D eigenvalue weighted by Gasteiger charge is -1.88. The second kappa shape index (κ2) is 8.70. The Balaban J connectivity index is 0. The summed E-state index contributed by atoms with van der Waals surface area (Å²) in [5.41, 5.74) is 0.331. The van der Waals surface area contributed by atoms with Crippen LogP contribution in [-0.4, -0.2) is 22.8 Å². The van der Waals surface area contributed by atoms with Gasteiger partial charge in [-0.1, -0.05) is 18.2 Å². The molecule has 0 heterocycles. The number of hydrogen-bond acceptors (Lipinski definition) is 3. The number of hydrogen-bond donors (Lipinski definition) is 3. The van der Waals surface area contributed by atoms with E-state index >= 15 is 0 Å². The summed E-state index contributed by atoms with van der Waals surface area (Å²) in [7, 11) is 0. The quantitative estimate of drug-likeness (QED) is 0.618. The largest absolute Gasteiger partial charge is 0.478 e. The summed E-state index contributed by atoms with van der Waals surface area (Å²) in [6.07, 6.45) is 0. The van der Waals surface area contributed by atoms with E-state index in [9.17, 15) is 4.79 Å². The number of rotatable bonds is 1. The fourth-order valence-electron chi connectivity index (χ4n) is 0.581. The number of carbonyl (C=O) groups is 1. The molecular formula is C9H15NO3. The molecule has 0 saturated heterocycles. The van der Waals surface area contributed by atoms with Crippen LogP contribution >= 0.6 is 0 Å². The van der Waals surface area contributed by atoms with Gasteiger partial charge in [0.05, 0.1) is 5.56 Å². The molecule has 5 N–H and O–H groups in total. The van der Waals surface area contributed by atoms with E-state index in [-0.39, 0.29) is 12.8 Å². The highest BCUT2D eigenvalue weighted by Crippen LogP contribution is 1.96. The Morgan fingerprint density at radius 2 is 1.69 bits per heavy atom. The Labute approximate surface area is 77.4 Å². The zero-order valence-corrected chi connectivity index (χ0v) is 7.60. The summed E-state index contributed by atoms with van der Waals surface area (Å²) in [5, 5.41) is 16.0. The van der Waals surface area contributed by atoms with E-state index in [0.717, 1.165) is 0 Å². The summed E-state index contributed by atoms with van der Waals surface area (Å²) in [4.78, 5) is 10.2. The van der Waals surface area contributed by atoms with Gasteiger partial charge in [-0.05, 0) is 19.1 Å². The van der Waals surface area contributed by atoms with Gasteiger partial charge < -0.3 is 16.4 Å². The molecule has 0 aromatic heterocycles. The third-order valence-electron chi connectivity index (χ3n) is 1.02. The number of aromatic carboxylic acids is 1. The van der Waals surface area contributed by atoms with E-state index in [2.05, 4.69) is 0 Å².